The SMILES string of the molecule is C=C(Br)/C=C/C(=O)O. The topological polar surface area (TPSA) is 37.3 Å². The van der Waals surface area contributed by atoms with Gasteiger partial charge in [-0.25, -0.2) is 4.79 Å². The van der Waals surface area contributed by atoms with E-state index in [2.05, 4.69) is 22.5 Å². The summed E-state index contributed by atoms with van der Waals surface area (Å²) < 4.78 is 0.555. The highest BCUT2D eigenvalue weighted by atomic mass is 79.9. The Hall–Kier alpha value is -0.570. The van der Waals surface area contributed by atoms with Gasteiger partial charge in [-0.2, -0.15) is 0 Å². The van der Waals surface area contributed by atoms with Crippen LogP contribution in [-0.4, -0.2) is 11.1 Å². The second-order valence-corrected chi connectivity index (χ2v) is 2.14. The van der Waals surface area contributed by atoms with Gasteiger partial charge in [0.25, 0.3) is 0 Å². The summed E-state index contributed by atoms with van der Waals surface area (Å²) in [6.45, 7) is 3.39. The van der Waals surface area contributed by atoms with Gasteiger partial charge >= 0.3 is 5.97 Å². The Bertz CT molecular complexity index is 121. The number of aliphatic carboxylic acids is 1. The van der Waals surface area contributed by atoms with E-state index in [0.717, 1.165) is 6.08 Å². The molecule has 1 N–H and O–H groups in total. The van der Waals surface area contributed by atoms with E-state index in [1.165, 1.54) is 6.08 Å². The zero-order valence-corrected chi connectivity index (χ0v) is 5.68. The van der Waals surface area contributed by atoms with Crippen molar-refractivity contribution in [3.63, 3.8) is 0 Å². The summed E-state index contributed by atoms with van der Waals surface area (Å²) in [6.07, 6.45) is 2.37. The smallest absolute Gasteiger partial charge is 0.328 e. The fourth-order valence-corrected chi connectivity index (χ4v) is 0.294. The predicted octanol–water partition coefficient (Wildman–Crippen LogP) is 1.54. The fourth-order valence-electron chi connectivity index (χ4n) is 0.162. The van der Waals surface area contributed by atoms with Gasteiger partial charge in [0, 0.05) is 10.6 Å². The van der Waals surface area contributed by atoms with Gasteiger partial charge in [0.15, 0.2) is 0 Å². The normalized spacial score (nSPS) is 9.62. The molecule has 0 amide bonds. The van der Waals surface area contributed by atoms with Gasteiger partial charge in [-0.1, -0.05) is 22.5 Å². The number of carboxylic acids is 1. The van der Waals surface area contributed by atoms with Crippen LogP contribution in [-0.2, 0) is 4.79 Å². The molecule has 0 fully saturated rings. The van der Waals surface area contributed by atoms with Crippen LogP contribution in [0.4, 0.5) is 0 Å². The maximum absolute atomic E-state index is 9.76. The molecule has 0 aromatic rings. The molecule has 0 aromatic heterocycles. The summed E-state index contributed by atoms with van der Waals surface area (Å²) in [7, 11) is 0. The summed E-state index contributed by atoms with van der Waals surface area (Å²) in [4.78, 5) is 9.76. The van der Waals surface area contributed by atoms with Gasteiger partial charge < -0.3 is 5.11 Å². The molecule has 0 saturated carbocycles. The first kappa shape index (κ1) is 7.43. The Balaban J connectivity index is 3.67. The lowest BCUT2D eigenvalue weighted by molar-refractivity contribution is -0.131. The third-order valence-corrected chi connectivity index (χ3v) is 0.671. The first-order chi connectivity index (χ1) is 3.63. The number of carboxylic acid groups (broad SMARTS) is 1. The summed E-state index contributed by atoms with van der Waals surface area (Å²) in [5.41, 5.74) is 0. The van der Waals surface area contributed by atoms with E-state index in [1.807, 2.05) is 0 Å². The molecule has 44 valence electrons. The van der Waals surface area contributed by atoms with Crippen LogP contribution in [0.3, 0.4) is 0 Å². The largest absolute Gasteiger partial charge is 0.478 e. The molecule has 0 unspecified atom stereocenters. The standard InChI is InChI=1S/C5H5BrO2/c1-4(6)2-3-5(7)8/h2-3H,1H2,(H,7,8)/b3-2+. The van der Waals surface area contributed by atoms with Crippen molar-refractivity contribution in [2.75, 3.05) is 0 Å². The van der Waals surface area contributed by atoms with Crippen LogP contribution < -0.4 is 0 Å². The van der Waals surface area contributed by atoms with Crippen molar-refractivity contribution in [1.82, 2.24) is 0 Å². The second-order valence-electron chi connectivity index (χ2n) is 1.12. The average Bonchev–Trinajstić information content (AvgIpc) is 1.61. The molecule has 0 spiro atoms. The second kappa shape index (κ2) is 3.43. The number of rotatable bonds is 2. The molecule has 8 heavy (non-hydrogen) atoms. The highest BCUT2D eigenvalue weighted by molar-refractivity contribution is 9.11. The molecular formula is C5H5BrO2. The molecule has 0 aliphatic heterocycles. The van der Waals surface area contributed by atoms with Crippen LogP contribution >= 0.6 is 15.9 Å². The molecule has 0 radical (unpaired) electrons. The number of hydrogen-bond donors (Lipinski definition) is 1. The Morgan fingerprint density at radius 3 is 2.25 bits per heavy atom. The molecule has 0 aliphatic carbocycles. The maximum Gasteiger partial charge on any atom is 0.328 e. The minimum absolute atomic E-state index is 0.555. The molecule has 3 heteroatoms. The van der Waals surface area contributed by atoms with E-state index in [4.69, 9.17) is 5.11 Å². The lowest BCUT2D eigenvalue weighted by atomic mass is 10.5. The number of allylic oxidation sites excluding steroid dienone is 2. The molecule has 0 aromatic carbocycles. The summed E-state index contributed by atoms with van der Waals surface area (Å²) in [5, 5.41) is 8.01. The molecule has 0 rings (SSSR count). The van der Waals surface area contributed by atoms with Crippen molar-refractivity contribution in [1.29, 1.82) is 0 Å². The Morgan fingerprint density at radius 2 is 2.12 bits per heavy atom. The Morgan fingerprint density at radius 1 is 1.62 bits per heavy atom. The van der Waals surface area contributed by atoms with Crippen molar-refractivity contribution < 1.29 is 9.90 Å². The first-order valence-corrected chi connectivity index (χ1v) is 2.67. The van der Waals surface area contributed by atoms with Gasteiger partial charge in [0.2, 0.25) is 0 Å². The molecule has 0 bridgehead atoms. The van der Waals surface area contributed by atoms with Crippen molar-refractivity contribution >= 4 is 21.9 Å². The molecule has 0 aliphatic rings. The van der Waals surface area contributed by atoms with Crippen molar-refractivity contribution in [2.45, 2.75) is 0 Å². The zero-order valence-electron chi connectivity index (χ0n) is 4.10. The van der Waals surface area contributed by atoms with Crippen LogP contribution in [0, 0.1) is 0 Å². The fraction of sp³-hybridized carbons (Fsp3) is 0. The van der Waals surface area contributed by atoms with Crippen LogP contribution in [0.2, 0.25) is 0 Å². The zero-order chi connectivity index (χ0) is 6.57. The first-order valence-electron chi connectivity index (χ1n) is 1.88. The van der Waals surface area contributed by atoms with Gasteiger partial charge in [0.1, 0.15) is 0 Å². The summed E-state index contributed by atoms with van der Waals surface area (Å²) in [6, 6.07) is 0. The number of carbonyl (C=O) groups is 1. The predicted molar refractivity (Wildman–Crippen MR) is 34.8 cm³/mol. The highest BCUT2D eigenvalue weighted by Gasteiger charge is 1.82. The monoisotopic (exact) mass is 176 g/mol. The van der Waals surface area contributed by atoms with E-state index in [9.17, 15) is 4.79 Å². The third-order valence-electron chi connectivity index (χ3n) is 0.407. The highest BCUT2D eigenvalue weighted by Crippen LogP contribution is 2.00. The van der Waals surface area contributed by atoms with Gasteiger partial charge in [-0.05, 0) is 6.08 Å². The molecule has 0 atom stereocenters. The van der Waals surface area contributed by atoms with Crippen LogP contribution in [0.5, 0.6) is 0 Å². The van der Waals surface area contributed by atoms with Gasteiger partial charge in [-0.15, -0.1) is 0 Å². The van der Waals surface area contributed by atoms with Gasteiger partial charge in [0.05, 0.1) is 0 Å². The number of halogens is 1. The third kappa shape index (κ3) is 5.43. The van der Waals surface area contributed by atoms with E-state index in [-0.39, 0.29) is 0 Å². The van der Waals surface area contributed by atoms with E-state index >= 15 is 0 Å². The summed E-state index contributed by atoms with van der Waals surface area (Å²) in [5.74, 6) is -0.967. The molecule has 0 saturated heterocycles. The minimum atomic E-state index is -0.967. The van der Waals surface area contributed by atoms with Crippen LogP contribution in [0.1, 0.15) is 0 Å². The summed E-state index contributed by atoms with van der Waals surface area (Å²) >= 11 is 2.96. The Kier molecular flexibility index (Phi) is 3.19. The van der Waals surface area contributed by atoms with Crippen LogP contribution in [0.25, 0.3) is 0 Å². The van der Waals surface area contributed by atoms with E-state index in [1.54, 1.807) is 0 Å². The molecule has 2 nitrogen and oxygen atoms in total. The number of hydrogen-bond acceptors (Lipinski definition) is 1. The quantitative estimate of drug-likeness (QED) is 0.513. The van der Waals surface area contributed by atoms with Crippen molar-refractivity contribution in [3.8, 4) is 0 Å². The maximum atomic E-state index is 9.76. The van der Waals surface area contributed by atoms with E-state index in [0.29, 0.717) is 4.48 Å². The molecule has 0 heterocycles. The molecular weight excluding hydrogens is 172 g/mol. The minimum Gasteiger partial charge on any atom is -0.478 e. The van der Waals surface area contributed by atoms with Gasteiger partial charge in [-0.3, -0.25) is 0 Å². The van der Waals surface area contributed by atoms with Crippen molar-refractivity contribution in [3.05, 3.63) is 23.2 Å². The van der Waals surface area contributed by atoms with E-state index < -0.39 is 5.97 Å². The Labute approximate surface area is 55.6 Å². The lowest BCUT2D eigenvalue weighted by Gasteiger charge is -1.77. The lowest BCUT2D eigenvalue weighted by Crippen LogP contribution is -1.84. The van der Waals surface area contributed by atoms with Crippen molar-refractivity contribution in [2.24, 2.45) is 0 Å². The average molecular weight is 177 g/mol. The van der Waals surface area contributed by atoms with Crippen LogP contribution in [0.15, 0.2) is 23.2 Å².